The van der Waals surface area contributed by atoms with E-state index in [0.29, 0.717) is 16.9 Å². The van der Waals surface area contributed by atoms with Crippen LogP contribution in [0.1, 0.15) is 22.8 Å². The summed E-state index contributed by atoms with van der Waals surface area (Å²) in [7, 11) is 0. The number of benzene rings is 4. The number of carbonyl (C=O) groups is 3. The van der Waals surface area contributed by atoms with Gasteiger partial charge in [0.1, 0.15) is 11.5 Å². The van der Waals surface area contributed by atoms with Crippen LogP contribution >= 0.6 is 39.3 Å². The minimum absolute atomic E-state index is 0.0709. The molecule has 0 fully saturated rings. The zero-order valence-corrected chi connectivity index (χ0v) is 24.8. The van der Waals surface area contributed by atoms with E-state index < -0.39 is 22.9 Å². The van der Waals surface area contributed by atoms with Crippen molar-refractivity contribution < 1.29 is 18.8 Å². The molecule has 4 aromatic carbocycles. The highest BCUT2D eigenvalue weighted by molar-refractivity contribution is 9.10. The third-order valence-electron chi connectivity index (χ3n) is 5.67. The van der Waals surface area contributed by atoms with Crippen LogP contribution in [0, 0.1) is 5.82 Å². The van der Waals surface area contributed by atoms with Crippen molar-refractivity contribution in [2.45, 2.75) is 17.1 Å². The van der Waals surface area contributed by atoms with E-state index >= 15 is 0 Å². The molecule has 0 bridgehead atoms. The van der Waals surface area contributed by atoms with E-state index in [2.05, 4.69) is 31.9 Å². The molecule has 0 saturated carbocycles. The second-order valence-electron chi connectivity index (χ2n) is 8.79. The SMILES string of the molecule is CC(Sc1ccc(NC(=O)/C(=C/c2cccc(Br)c2)NC(=O)c2ccccc2)cc1)C(=O)Nc1ccc(F)c(Cl)c1. The monoisotopic (exact) mass is 651 g/mol. The lowest BCUT2D eigenvalue weighted by Crippen LogP contribution is -2.30. The highest BCUT2D eigenvalue weighted by atomic mass is 79.9. The maximum absolute atomic E-state index is 13.4. The molecule has 0 aliphatic carbocycles. The Morgan fingerprint density at radius 2 is 1.59 bits per heavy atom. The van der Waals surface area contributed by atoms with E-state index in [4.69, 9.17) is 11.6 Å². The van der Waals surface area contributed by atoms with Crippen molar-refractivity contribution in [1.29, 1.82) is 0 Å². The zero-order valence-electron chi connectivity index (χ0n) is 21.7. The summed E-state index contributed by atoms with van der Waals surface area (Å²) in [4.78, 5) is 39.4. The van der Waals surface area contributed by atoms with Gasteiger partial charge >= 0.3 is 0 Å². The van der Waals surface area contributed by atoms with Crippen LogP contribution in [0.4, 0.5) is 15.8 Å². The molecule has 4 aromatic rings. The standard InChI is InChI=1S/C31H24BrClFN3O3S/c1-19(29(38)36-24-12-15-27(34)26(33)18-24)41-25-13-10-23(11-14-25)35-31(40)28(17-20-6-5-9-22(32)16-20)37-30(39)21-7-3-2-4-8-21/h2-19H,1H3,(H,35,40)(H,36,38)(H,37,39)/b28-17-. The maximum atomic E-state index is 13.4. The van der Waals surface area contributed by atoms with Crippen LogP contribution in [0.2, 0.25) is 5.02 Å². The van der Waals surface area contributed by atoms with Crippen LogP contribution in [-0.2, 0) is 9.59 Å². The van der Waals surface area contributed by atoms with Crippen molar-refractivity contribution in [2.75, 3.05) is 10.6 Å². The van der Waals surface area contributed by atoms with E-state index in [-0.39, 0.29) is 16.6 Å². The first kappa shape index (κ1) is 30.0. The van der Waals surface area contributed by atoms with Gasteiger partial charge in [0.15, 0.2) is 0 Å². The Morgan fingerprint density at radius 1 is 0.878 bits per heavy atom. The molecule has 0 spiro atoms. The predicted molar refractivity (Wildman–Crippen MR) is 166 cm³/mol. The molecule has 0 aliphatic heterocycles. The summed E-state index contributed by atoms with van der Waals surface area (Å²) in [6.45, 7) is 1.75. The summed E-state index contributed by atoms with van der Waals surface area (Å²) in [5.74, 6) is -1.75. The lowest BCUT2D eigenvalue weighted by Gasteiger charge is -2.14. The van der Waals surface area contributed by atoms with E-state index in [0.717, 1.165) is 14.9 Å². The predicted octanol–water partition coefficient (Wildman–Crippen LogP) is 7.77. The number of thioether (sulfide) groups is 1. The summed E-state index contributed by atoms with van der Waals surface area (Å²) in [6, 6.07) is 26.9. The summed E-state index contributed by atoms with van der Waals surface area (Å²) < 4.78 is 14.2. The van der Waals surface area contributed by atoms with Crippen LogP contribution < -0.4 is 16.0 Å². The number of nitrogens with one attached hydrogen (secondary N) is 3. The first-order valence-electron chi connectivity index (χ1n) is 12.4. The minimum Gasteiger partial charge on any atom is -0.325 e. The summed E-state index contributed by atoms with van der Waals surface area (Å²) in [5.41, 5.74) is 2.12. The minimum atomic E-state index is -0.561. The number of rotatable bonds is 9. The molecule has 3 amide bonds. The fraction of sp³-hybridized carbons (Fsp3) is 0.0645. The van der Waals surface area contributed by atoms with E-state index in [1.165, 1.54) is 30.0 Å². The molecular formula is C31H24BrClFN3O3S. The fourth-order valence-electron chi connectivity index (χ4n) is 3.60. The lowest BCUT2D eigenvalue weighted by atomic mass is 10.1. The Bertz CT molecular complexity index is 1600. The van der Waals surface area contributed by atoms with Crippen molar-refractivity contribution in [1.82, 2.24) is 5.32 Å². The highest BCUT2D eigenvalue weighted by Gasteiger charge is 2.17. The molecule has 1 atom stereocenters. The average Bonchev–Trinajstić information content (AvgIpc) is 2.96. The van der Waals surface area contributed by atoms with Gasteiger partial charge in [-0.1, -0.05) is 57.9 Å². The molecule has 3 N–H and O–H groups in total. The van der Waals surface area contributed by atoms with Gasteiger partial charge in [-0.3, -0.25) is 14.4 Å². The van der Waals surface area contributed by atoms with Crippen molar-refractivity contribution in [3.8, 4) is 0 Å². The van der Waals surface area contributed by atoms with E-state index in [9.17, 15) is 18.8 Å². The Hall–Kier alpha value is -3.92. The topological polar surface area (TPSA) is 87.3 Å². The molecule has 6 nitrogen and oxygen atoms in total. The first-order valence-corrected chi connectivity index (χ1v) is 14.4. The third-order valence-corrected chi connectivity index (χ3v) is 7.56. The summed E-state index contributed by atoms with van der Waals surface area (Å²) in [5, 5.41) is 7.71. The van der Waals surface area contributed by atoms with Gasteiger partial charge in [0.25, 0.3) is 11.8 Å². The number of hydrogen-bond acceptors (Lipinski definition) is 4. The van der Waals surface area contributed by atoms with E-state index in [1.807, 2.05) is 24.3 Å². The largest absolute Gasteiger partial charge is 0.325 e. The molecule has 41 heavy (non-hydrogen) atoms. The lowest BCUT2D eigenvalue weighted by molar-refractivity contribution is -0.115. The highest BCUT2D eigenvalue weighted by Crippen LogP contribution is 2.27. The van der Waals surface area contributed by atoms with Gasteiger partial charge in [0, 0.05) is 26.3 Å². The molecule has 0 aliphatic rings. The Kier molecular flexibility index (Phi) is 10.3. The first-order chi connectivity index (χ1) is 19.7. The van der Waals surface area contributed by atoms with Crippen molar-refractivity contribution >= 4 is 74.5 Å². The van der Waals surface area contributed by atoms with Gasteiger partial charge < -0.3 is 16.0 Å². The number of anilines is 2. The molecule has 0 aromatic heterocycles. The second kappa shape index (κ2) is 14.1. The molecule has 1 unspecified atom stereocenters. The van der Waals surface area contributed by atoms with Gasteiger partial charge in [-0.05, 0) is 85.3 Å². The van der Waals surface area contributed by atoms with E-state index in [1.54, 1.807) is 67.6 Å². The van der Waals surface area contributed by atoms with Crippen LogP contribution in [0.5, 0.6) is 0 Å². The third kappa shape index (κ3) is 8.78. The number of halogens is 3. The van der Waals surface area contributed by atoms with Crippen LogP contribution in [0.3, 0.4) is 0 Å². The number of carbonyl (C=O) groups excluding carboxylic acids is 3. The smallest absolute Gasteiger partial charge is 0.272 e. The summed E-state index contributed by atoms with van der Waals surface area (Å²) in [6.07, 6.45) is 1.60. The number of amides is 3. The van der Waals surface area contributed by atoms with Gasteiger partial charge in [-0.2, -0.15) is 0 Å². The van der Waals surface area contributed by atoms with Crippen molar-refractivity contribution in [2.24, 2.45) is 0 Å². The molecule has 208 valence electrons. The molecule has 0 radical (unpaired) electrons. The normalized spacial score (nSPS) is 11.9. The van der Waals surface area contributed by atoms with Crippen molar-refractivity contribution in [3.05, 3.63) is 129 Å². The Labute approximate surface area is 254 Å². The van der Waals surface area contributed by atoms with Crippen LogP contribution in [0.25, 0.3) is 6.08 Å². The van der Waals surface area contributed by atoms with Gasteiger partial charge in [-0.25, -0.2) is 4.39 Å². The average molecular weight is 653 g/mol. The van der Waals surface area contributed by atoms with Crippen molar-refractivity contribution in [3.63, 3.8) is 0 Å². The summed E-state index contributed by atoms with van der Waals surface area (Å²) >= 11 is 10.5. The Balaban J connectivity index is 1.42. The van der Waals surface area contributed by atoms with Gasteiger partial charge in [0.2, 0.25) is 5.91 Å². The molecule has 0 saturated heterocycles. The molecular weight excluding hydrogens is 629 g/mol. The Morgan fingerprint density at radius 3 is 2.27 bits per heavy atom. The van der Waals surface area contributed by atoms with Gasteiger partial charge in [-0.15, -0.1) is 11.8 Å². The fourth-order valence-corrected chi connectivity index (χ4v) is 5.06. The molecule has 4 rings (SSSR count). The van der Waals surface area contributed by atoms with Crippen LogP contribution in [0.15, 0.2) is 112 Å². The van der Waals surface area contributed by atoms with Crippen LogP contribution in [-0.4, -0.2) is 23.0 Å². The maximum Gasteiger partial charge on any atom is 0.272 e. The second-order valence-corrected chi connectivity index (χ2v) is 11.5. The number of hydrogen-bond donors (Lipinski definition) is 3. The quantitative estimate of drug-likeness (QED) is 0.127. The van der Waals surface area contributed by atoms with Gasteiger partial charge in [0.05, 0.1) is 10.3 Å². The zero-order chi connectivity index (χ0) is 29.4. The molecule has 10 heteroatoms. The molecule has 0 heterocycles.